The third-order valence-corrected chi connectivity index (χ3v) is 4.20. The lowest BCUT2D eigenvalue weighted by Gasteiger charge is -2.22. The molecule has 0 bridgehead atoms. The van der Waals surface area contributed by atoms with Crippen molar-refractivity contribution in [1.29, 1.82) is 0 Å². The number of aryl methyl sites for hydroxylation is 3. The number of aliphatic imine (C=N–C) groups is 1. The Bertz CT molecular complexity index is 671. The van der Waals surface area contributed by atoms with E-state index in [-0.39, 0.29) is 0 Å². The third kappa shape index (κ3) is 3.56. The molecule has 0 N–H and O–H groups in total. The maximum atomic E-state index is 4.16. The van der Waals surface area contributed by atoms with Crippen LogP contribution in [0.25, 0.3) is 0 Å². The number of benzene rings is 2. The summed E-state index contributed by atoms with van der Waals surface area (Å²) in [5.74, 6) is 0. The van der Waals surface area contributed by atoms with Gasteiger partial charge in [-0.15, -0.1) is 0 Å². The van der Waals surface area contributed by atoms with Crippen LogP contribution in [0.3, 0.4) is 0 Å². The van der Waals surface area contributed by atoms with Crippen LogP contribution in [0.5, 0.6) is 0 Å². The standard InChI is InChI=1S/C20H26N2/c1-6-22(14-21-5)20-12-16(3)19(11-17(20)4)13-18-10-8-7-9-15(18)2/h7-12,14H,6,13H2,1-5H3. The van der Waals surface area contributed by atoms with Crippen molar-refractivity contribution < 1.29 is 0 Å². The average molecular weight is 294 g/mol. The Hall–Kier alpha value is -2.09. The Morgan fingerprint density at radius 2 is 1.68 bits per heavy atom. The Balaban J connectivity index is 2.36. The molecule has 0 heterocycles. The van der Waals surface area contributed by atoms with E-state index in [1.165, 1.54) is 33.5 Å². The van der Waals surface area contributed by atoms with E-state index in [0.717, 1.165) is 13.0 Å². The summed E-state index contributed by atoms with van der Waals surface area (Å²) in [6, 6.07) is 13.2. The summed E-state index contributed by atoms with van der Waals surface area (Å²) >= 11 is 0. The van der Waals surface area contributed by atoms with E-state index in [0.29, 0.717) is 0 Å². The third-order valence-electron chi connectivity index (χ3n) is 4.20. The van der Waals surface area contributed by atoms with E-state index in [2.05, 4.69) is 74.0 Å². The first-order valence-electron chi connectivity index (χ1n) is 7.90. The number of hydrogen-bond acceptors (Lipinski definition) is 1. The maximum Gasteiger partial charge on any atom is 0.0890 e. The van der Waals surface area contributed by atoms with Gasteiger partial charge in [-0.25, -0.2) is 0 Å². The highest BCUT2D eigenvalue weighted by molar-refractivity contribution is 5.81. The zero-order valence-electron chi connectivity index (χ0n) is 14.4. The fourth-order valence-electron chi connectivity index (χ4n) is 2.83. The molecule has 0 aliphatic rings. The molecule has 22 heavy (non-hydrogen) atoms. The quantitative estimate of drug-likeness (QED) is 0.577. The molecule has 0 atom stereocenters. The van der Waals surface area contributed by atoms with Gasteiger partial charge in [0.1, 0.15) is 0 Å². The number of anilines is 1. The zero-order valence-corrected chi connectivity index (χ0v) is 14.4. The number of nitrogens with zero attached hydrogens (tertiary/aromatic N) is 2. The van der Waals surface area contributed by atoms with Gasteiger partial charge in [0, 0.05) is 19.3 Å². The minimum absolute atomic E-state index is 0.925. The monoisotopic (exact) mass is 294 g/mol. The van der Waals surface area contributed by atoms with Gasteiger partial charge in [-0.1, -0.05) is 30.3 Å². The van der Waals surface area contributed by atoms with Crippen LogP contribution in [0.4, 0.5) is 5.69 Å². The van der Waals surface area contributed by atoms with E-state index >= 15 is 0 Å². The molecule has 0 amide bonds. The van der Waals surface area contributed by atoms with Crippen LogP contribution in [0.2, 0.25) is 0 Å². The number of rotatable bonds is 5. The normalized spacial score (nSPS) is 11.1. The number of hydrogen-bond donors (Lipinski definition) is 0. The second-order valence-corrected chi connectivity index (χ2v) is 5.83. The van der Waals surface area contributed by atoms with Gasteiger partial charge >= 0.3 is 0 Å². The molecule has 2 aromatic carbocycles. The summed E-state index contributed by atoms with van der Waals surface area (Å²) < 4.78 is 0. The first-order chi connectivity index (χ1) is 10.6. The van der Waals surface area contributed by atoms with Crippen LogP contribution < -0.4 is 4.90 Å². The molecule has 0 radical (unpaired) electrons. The SMILES string of the molecule is CCN(C=NC)c1cc(C)c(Cc2ccccc2C)cc1C. The minimum Gasteiger partial charge on any atom is -0.333 e. The Morgan fingerprint density at radius 1 is 0.955 bits per heavy atom. The van der Waals surface area contributed by atoms with Crippen LogP contribution in [0.15, 0.2) is 41.4 Å². The predicted molar refractivity (Wildman–Crippen MR) is 97.3 cm³/mol. The smallest absolute Gasteiger partial charge is 0.0890 e. The van der Waals surface area contributed by atoms with Crippen molar-refractivity contribution in [3.8, 4) is 0 Å². The lowest BCUT2D eigenvalue weighted by molar-refractivity contribution is 1.04. The summed E-state index contributed by atoms with van der Waals surface area (Å²) in [5.41, 5.74) is 8.05. The highest BCUT2D eigenvalue weighted by Crippen LogP contribution is 2.26. The van der Waals surface area contributed by atoms with Gasteiger partial charge in [0.05, 0.1) is 6.34 Å². The zero-order chi connectivity index (χ0) is 16.1. The fraction of sp³-hybridized carbons (Fsp3) is 0.350. The minimum atomic E-state index is 0.925. The van der Waals surface area contributed by atoms with Crippen molar-refractivity contribution >= 4 is 12.0 Å². The molecule has 2 rings (SSSR count). The van der Waals surface area contributed by atoms with Gasteiger partial charge in [0.15, 0.2) is 0 Å². The highest BCUT2D eigenvalue weighted by Gasteiger charge is 2.10. The van der Waals surface area contributed by atoms with Crippen LogP contribution >= 0.6 is 0 Å². The summed E-state index contributed by atoms with van der Waals surface area (Å²) in [6.45, 7) is 9.64. The second kappa shape index (κ2) is 7.26. The average Bonchev–Trinajstić information content (AvgIpc) is 2.50. The highest BCUT2D eigenvalue weighted by atomic mass is 15.1. The van der Waals surface area contributed by atoms with Gasteiger partial charge in [0.2, 0.25) is 0 Å². The Kier molecular flexibility index (Phi) is 5.37. The van der Waals surface area contributed by atoms with Crippen LogP contribution in [0.1, 0.15) is 34.7 Å². The molecule has 0 aliphatic heterocycles. The van der Waals surface area contributed by atoms with E-state index in [4.69, 9.17) is 0 Å². The van der Waals surface area contributed by atoms with Crippen molar-refractivity contribution in [3.63, 3.8) is 0 Å². The van der Waals surface area contributed by atoms with Crippen LogP contribution in [0, 0.1) is 20.8 Å². The van der Waals surface area contributed by atoms with Crippen molar-refractivity contribution in [1.82, 2.24) is 0 Å². The molecular formula is C20H26N2. The molecule has 0 fully saturated rings. The first kappa shape index (κ1) is 16.3. The van der Waals surface area contributed by atoms with Gasteiger partial charge in [-0.05, 0) is 68.0 Å². The van der Waals surface area contributed by atoms with Gasteiger partial charge in [-0.3, -0.25) is 4.99 Å². The molecule has 2 nitrogen and oxygen atoms in total. The Labute approximate surface area is 134 Å². The molecule has 0 saturated carbocycles. The predicted octanol–water partition coefficient (Wildman–Crippen LogP) is 4.69. The summed E-state index contributed by atoms with van der Waals surface area (Å²) in [4.78, 5) is 6.35. The van der Waals surface area contributed by atoms with E-state index in [9.17, 15) is 0 Å². The summed E-state index contributed by atoms with van der Waals surface area (Å²) in [5, 5.41) is 0. The molecule has 0 aromatic heterocycles. The van der Waals surface area contributed by atoms with Crippen molar-refractivity contribution in [2.24, 2.45) is 4.99 Å². The molecule has 0 unspecified atom stereocenters. The largest absolute Gasteiger partial charge is 0.333 e. The van der Waals surface area contributed by atoms with E-state index in [1.54, 1.807) is 0 Å². The topological polar surface area (TPSA) is 15.6 Å². The lowest BCUT2D eigenvalue weighted by Crippen LogP contribution is -2.21. The Morgan fingerprint density at radius 3 is 2.32 bits per heavy atom. The molecule has 2 aromatic rings. The first-order valence-corrected chi connectivity index (χ1v) is 7.90. The molecular weight excluding hydrogens is 268 g/mol. The van der Waals surface area contributed by atoms with Crippen molar-refractivity contribution in [2.45, 2.75) is 34.1 Å². The summed E-state index contributed by atoms with van der Waals surface area (Å²) in [6.07, 6.45) is 2.90. The maximum absolute atomic E-state index is 4.16. The second-order valence-electron chi connectivity index (χ2n) is 5.83. The van der Waals surface area contributed by atoms with Crippen LogP contribution in [-0.4, -0.2) is 19.9 Å². The van der Waals surface area contributed by atoms with Gasteiger partial charge in [-0.2, -0.15) is 0 Å². The lowest BCUT2D eigenvalue weighted by atomic mass is 9.95. The molecule has 0 aliphatic carbocycles. The van der Waals surface area contributed by atoms with Gasteiger partial charge in [0.25, 0.3) is 0 Å². The molecule has 0 saturated heterocycles. The molecule has 116 valence electrons. The van der Waals surface area contributed by atoms with Crippen molar-refractivity contribution in [2.75, 3.05) is 18.5 Å². The van der Waals surface area contributed by atoms with Crippen LogP contribution in [-0.2, 0) is 6.42 Å². The molecule has 2 heteroatoms. The fourth-order valence-corrected chi connectivity index (χ4v) is 2.83. The van der Waals surface area contributed by atoms with E-state index < -0.39 is 0 Å². The molecule has 0 spiro atoms. The summed E-state index contributed by atoms with van der Waals surface area (Å²) in [7, 11) is 1.82. The van der Waals surface area contributed by atoms with Gasteiger partial charge < -0.3 is 4.90 Å². The van der Waals surface area contributed by atoms with Crippen molar-refractivity contribution in [3.05, 3.63) is 64.2 Å². The van der Waals surface area contributed by atoms with E-state index in [1.807, 2.05) is 13.4 Å².